The van der Waals surface area contributed by atoms with Crippen molar-refractivity contribution < 1.29 is 9.90 Å². The lowest BCUT2D eigenvalue weighted by molar-refractivity contribution is 0.102. The Hall–Kier alpha value is -3.38. The first-order chi connectivity index (χ1) is 13.4. The second kappa shape index (κ2) is 6.98. The molecule has 4 rings (SSSR count). The maximum Gasteiger partial charge on any atom is 0.258 e. The molecule has 0 aliphatic rings. The summed E-state index contributed by atoms with van der Waals surface area (Å²) in [4.78, 5) is 17.1. The van der Waals surface area contributed by atoms with Gasteiger partial charge in [-0.3, -0.25) is 4.79 Å². The first-order valence-electron chi connectivity index (χ1n) is 8.65. The number of hydrogen-bond donors (Lipinski definition) is 2. The highest BCUT2D eigenvalue weighted by Gasteiger charge is 2.20. The first-order valence-corrected chi connectivity index (χ1v) is 9.03. The molecule has 0 aliphatic carbocycles. The number of halogens is 1. The molecule has 28 heavy (non-hydrogen) atoms. The third-order valence-corrected chi connectivity index (χ3v) is 4.83. The summed E-state index contributed by atoms with van der Waals surface area (Å²) >= 11 is 6.56. The highest BCUT2D eigenvalue weighted by molar-refractivity contribution is 6.39. The molecule has 7 heteroatoms. The number of phenolic OH excluding ortho intramolecular Hbond substituents is 1. The molecule has 0 spiro atoms. The largest absolute Gasteiger partial charge is 0.508 e. The van der Waals surface area contributed by atoms with Crippen LogP contribution in [0.2, 0.25) is 5.02 Å². The lowest BCUT2D eigenvalue weighted by Gasteiger charge is -2.08. The van der Waals surface area contributed by atoms with Gasteiger partial charge in [0.25, 0.3) is 5.91 Å². The Morgan fingerprint density at radius 2 is 1.89 bits per heavy atom. The van der Waals surface area contributed by atoms with Crippen LogP contribution in [-0.4, -0.2) is 25.8 Å². The second-order valence-corrected chi connectivity index (χ2v) is 6.90. The van der Waals surface area contributed by atoms with Gasteiger partial charge >= 0.3 is 0 Å². The molecule has 6 nitrogen and oxygen atoms in total. The number of phenols is 1. The summed E-state index contributed by atoms with van der Waals surface area (Å²) in [5.74, 6) is -0.347. The van der Waals surface area contributed by atoms with Gasteiger partial charge in [0.15, 0.2) is 5.65 Å². The number of benzene rings is 2. The number of anilines is 1. The predicted octanol–water partition coefficient (Wildman–Crippen LogP) is 4.65. The number of hydrogen-bond acceptors (Lipinski definition) is 4. The molecule has 0 radical (unpaired) electrons. The molecule has 0 atom stereocenters. The monoisotopic (exact) mass is 392 g/mol. The van der Waals surface area contributed by atoms with Gasteiger partial charge in [-0.25, -0.2) is 9.67 Å². The van der Waals surface area contributed by atoms with E-state index in [1.807, 2.05) is 38.1 Å². The van der Waals surface area contributed by atoms with E-state index in [9.17, 15) is 9.90 Å². The lowest BCUT2D eigenvalue weighted by Crippen LogP contribution is -2.13. The van der Waals surface area contributed by atoms with Gasteiger partial charge in [0.05, 0.1) is 27.4 Å². The molecule has 1 amide bonds. The van der Waals surface area contributed by atoms with Gasteiger partial charge in [0.1, 0.15) is 5.75 Å². The van der Waals surface area contributed by atoms with Gasteiger partial charge in [-0.2, -0.15) is 5.10 Å². The number of fused-ring (bicyclic) bond motifs is 1. The summed E-state index contributed by atoms with van der Waals surface area (Å²) in [6.45, 7) is 3.85. The number of aryl methyl sites for hydroxylation is 2. The number of nitrogens with one attached hydrogen (secondary N) is 1. The van der Waals surface area contributed by atoms with Crippen molar-refractivity contribution in [2.75, 3.05) is 5.32 Å². The average Bonchev–Trinajstić information content (AvgIpc) is 3.00. The Morgan fingerprint density at radius 3 is 2.61 bits per heavy atom. The topological polar surface area (TPSA) is 80.0 Å². The lowest BCUT2D eigenvalue weighted by atomic mass is 10.2. The zero-order chi connectivity index (χ0) is 19.8. The summed E-state index contributed by atoms with van der Waals surface area (Å²) in [6.07, 6.45) is 1.44. The van der Waals surface area contributed by atoms with Crippen molar-refractivity contribution in [3.63, 3.8) is 0 Å². The Labute approximate surface area is 166 Å². The molecule has 2 aromatic carbocycles. The van der Waals surface area contributed by atoms with E-state index in [-0.39, 0.29) is 11.3 Å². The first kappa shape index (κ1) is 18.0. The molecule has 4 aromatic rings. The molecule has 0 saturated heterocycles. The second-order valence-electron chi connectivity index (χ2n) is 6.52. The number of aromatic hydroxyl groups is 1. The van der Waals surface area contributed by atoms with Crippen molar-refractivity contribution in [3.05, 3.63) is 76.6 Å². The van der Waals surface area contributed by atoms with Crippen LogP contribution in [0.3, 0.4) is 0 Å². The molecule has 0 bridgehead atoms. The van der Waals surface area contributed by atoms with Crippen LogP contribution >= 0.6 is 11.6 Å². The molecule has 0 aliphatic heterocycles. The standard InChI is InChI=1S/C21H17ClN4O2/c1-12-6-8-15(9-7-12)26-20-18(13(2)25-26)19(22)17(11-23-20)21(28)24-14-4-3-5-16(27)10-14/h3-11,27H,1-2H3,(H,24,28). The average molecular weight is 393 g/mol. The third-order valence-electron chi connectivity index (χ3n) is 4.44. The van der Waals surface area contributed by atoms with Crippen LogP contribution in [0.4, 0.5) is 5.69 Å². The van der Waals surface area contributed by atoms with Crippen molar-refractivity contribution in [2.45, 2.75) is 13.8 Å². The zero-order valence-corrected chi connectivity index (χ0v) is 16.0. The van der Waals surface area contributed by atoms with Gasteiger partial charge < -0.3 is 10.4 Å². The van der Waals surface area contributed by atoms with Gasteiger partial charge in [-0.05, 0) is 38.1 Å². The van der Waals surface area contributed by atoms with Crippen LogP contribution < -0.4 is 5.32 Å². The van der Waals surface area contributed by atoms with Crippen LogP contribution in [0.15, 0.2) is 54.7 Å². The van der Waals surface area contributed by atoms with Gasteiger partial charge in [-0.15, -0.1) is 0 Å². The summed E-state index contributed by atoms with van der Waals surface area (Å²) in [6, 6.07) is 14.2. The minimum absolute atomic E-state index is 0.0627. The van der Waals surface area contributed by atoms with Crippen LogP contribution in [0.1, 0.15) is 21.6 Å². The summed E-state index contributed by atoms with van der Waals surface area (Å²) in [5.41, 5.74) is 3.98. The SMILES string of the molecule is Cc1ccc(-n2nc(C)c3c(Cl)c(C(=O)Nc4cccc(O)c4)cnc32)cc1. The van der Waals surface area contributed by atoms with Crippen LogP contribution in [-0.2, 0) is 0 Å². The summed E-state index contributed by atoms with van der Waals surface area (Å²) in [7, 11) is 0. The molecule has 2 heterocycles. The number of nitrogens with zero attached hydrogens (tertiary/aromatic N) is 3. The normalized spacial score (nSPS) is 11.0. The zero-order valence-electron chi connectivity index (χ0n) is 15.3. The van der Waals surface area contributed by atoms with E-state index in [1.165, 1.54) is 18.3 Å². The molecule has 2 aromatic heterocycles. The van der Waals surface area contributed by atoms with Crippen molar-refractivity contribution >= 4 is 34.2 Å². The Morgan fingerprint density at radius 1 is 1.14 bits per heavy atom. The maximum absolute atomic E-state index is 12.7. The highest BCUT2D eigenvalue weighted by atomic mass is 35.5. The van der Waals surface area contributed by atoms with E-state index < -0.39 is 5.91 Å². The van der Waals surface area contributed by atoms with Crippen LogP contribution in [0.25, 0.3) is 16.7 Å². The number of rotatable bonds is 3. The minimum atomic E-state index is -0.410. The highest BCUT2D eigenvalue weighted by Crippen LogP contribution is 2.30. The van der Waals surface area contributed by atoms with Gasteiger partial charge in [0, 0.05) is 18.0 Å². The fourth-order valence-corrected chi connectivity index (χ4v) is 3.37. The predicted molar refractivity (Wildman–Crippen MR) is 109 cm³/mol. The van der Waals surface area contributed by atoms with E-state index in [1.54, 1.807) is 16.8 Å². The summed E-state index contributed by atoms with van der Waals surface area (Å²) in [5, 5.41) is 17.7. The fourth-order valence-electron chi connectivity index (χ4n) is 3.01. The van der Waals surface area contributed by atoms with E-state index in [0.717, 1.165) is 11.3 Å². The van der Waals surface area contributed by atoms with Crippen molar-refractivity contribution in [2.24, 2.45) is 0 Å². The quantitative estimate of drug-likeness (QED) is 0.532. The van der Waals surface area contributed by atoms with Crippen molar-refractivity contribution in [3.8, 4) is 11.4 Å². The van der Waals surface area contributed by atoms with Gasteiger partial charge in [0.2, 0.25) is 0 Å². The van der Waals surface area contributed by atoms with Gasteiger partial charge in [-0.1, -0.05) is 35.4 Å². The Balaban J connectivity index is 1.76. The smallest absolute Gasteiger partial charge is 0.258 e. The van der Waals surface area contributed by atoms with Crippen molar-refractivity contribution in [1.29, 1.82) is 0 Å². The number of pyridine rings is 1. The van der Waals surface area contributed by atoms with Crippen molar-refractivity contribution in [1.82, 2.24) is 14.8 Å². The Bertz CT molecular complexity index is 1200. The molecule has 140 valence electrons. The minimum Gasteiger partial charge on any atom is -0.508 e. The molecule has 0 saturated carbocycles. The van der Waals surface area contributed by atoms with Crippen LogP contribution in [0.5, 0.6) is 5.75 Å². The number of amides is 1. The van der Waals surface area contributed by atoms with E-state index in [0.29, 0.717) is 27.4 Å². The Kier molecular flexibility index (Phi) is 4.49. The van der Waals surface area contributed by atoms with E-state index in [2.05, 4.69) is 15.4 Å². The summed E-state index contributed by atoms with van der Waals surface area (Å²) < 4.78 is 1.72. The molecule has 0 unspecified atom stereocenters. The van der Waals surface area contributed by atoms with E-state index in [4.69, 9.17) is 11.6 Å². The maximum atomic E-state index is 12.7. The number of carbonyl (C=O) groups is 1. The number of aromatic nitrogens is 3. The van der Waals surface area contributed by atoms with Crippen LogP contribution in [0, 0.1) is 13.8 Å². The molecule has 2 N–H and O–H groups in total. The molecular weight excluding hydrogens is 376 g/mol. The third kappa shape index (κ3) is 3.18. The molecular formula is C21H17ClN4O2. The fraction of sp³-hybridized carbons (Fsp3) is 0.0952. The molecule has 0 fully saturated rings. The number of carbonyl (C=O) groups excluding carboxylic acids is 1. The van der Waals surface area contributed by atoms with E-state index >= 15 is 0 Å².